The average Bonchev–Trinajstić information content (AvgIpc) is 2.06. The highest BCUT2D eigenvalue weighted by molar-refractivity contribution is 5.23. The standard InChI is InChI=1S/C12H21N3O/c1-9(7-12(2,3)4)8-15-6-5-10(13)14-11(15)16/h5-6,9H,7-8H2,1-4H3,(H2,13,14,16). The molecule has 0 spiro atoms. The highest BCUT2D eigenvalue weighted by atomic mass is 16.1. The van der Waals surface area contributed by atoms with Crippen LogP contribution in [0.15, 0.2) is 17.1 Å². The summed E-state index contributed by atoms with van der Waals surface area (Å²) in [6, 6.07) is 1.66. The maximum absolute atomic E-state index is 11.5. The minimum Gasteiger partial charge on any atom is -0.383 e. The van der Waals surface area contributed by atoms with Crippen molar-refractivity contribution in [1.29, 1.82) is 0 Å². The predicted octanol–water partition coefficient (Wildman–Crippen LogP) is 1.90. The zero-order valence-corrected chi connectivity index (χ0v) is 10.5. The Morgan fingerprint density at radius 1 is 1.50 bits per heavy atom. The van der Waals surface area contributed by atoms with Gasteiger partial charge in [-0.3, -0.25) is 4.57 Å². The predicted molar refractivity (Wildman–Crippen MR) is 66.1 cm³/mol. The molecule has 16 heavy (non-hydrogen) atoms. The Balaban J connectivity index is 2.70. The van der Waals surface area contributed by atoms with E-state index in [1.807, 2.05) is 0 Å². The van der Waals surface area contributed by atoms with Gasteiger partial charge in [-0.1, -0.05) is 27.7 Å². The average molecular weight is 223 g/mol. The van der Waals surface area contributed by atoms with Gasteiger partial charge < -0.3 is 5.73 Å². The van der Waals surface area contributed by atoms with E-state index in [1.54, 1.807) is 16.8 Å². The van der Waals surface area contributed by atoms with Crippen LogP contribution in [-0.4, -0.2) is 9.55 Å². The molecule has 1 rings (SSSR count). The van der Waals surface area contributed by atoms with Gasteiger partial charge in [-0.2, -0.15) is 4.98 Å². The number of hydrogen-bond donors (Lipinski definition) is 1. The molecule has 0 radical (unpaired) electrons. The molecule has 4 heteroatoms. The van der Waals surface area contributed by atoms with E-state index in [4.69, 9.17) is 5.73 Å². The molecule has 4 nitrogen and oxygen atoms in total. The summed E-state index contributed by atoms with van der Waals surface area (Å²) in [7, 11) is 0. The van der Waals surface area contributed by atoms with E-state index >= 15 is 0 Å². The van der Waals surface area contributed by atoms with E-state index in [0.29, 0.717) is 12.5 Å². The van der Waals surface area contributed by atoms with Crippen molar-refractivity contribution in [3.05, 3.63) is 22.7 Å². The Morgan fingerprint density at radius 3 is 2.62 bits per heavy atom. The Bertz CT molecular complexity index is 403. The summed E-state index contributed by atoms with van der Waals surface area (Å²) in [6.07, 6.45) is 2.79. The third-order valence-electron chi connectivity index (χ3n) is 2.36. The van der Waals surface area contributed by atoms with Crippen LogP contribution in [0.2, 0.25) is 0 Å². The molecule has 1 unspecified atom stereocenters. The number of aromatic nitrogens is 2. The van der Waals surface area contributed by atoms with Gasteiger partial charge in [-0.25, -0.2) is 4.79 Å². The second-order valence-electron chi connectivity index (χ2n) is 5.66. The van der Waals surface area contributed by atoms with Crippen molar-refractivity contribution < 1.29 is 0 Å². The quantitative estimate of drug-likeness (QED) is 0.851. The minimum atomic E-state index is -0.263. The van der Waals surface area contributed by atoms with E-state index in [0.717, 1.165) is 6.42 Å². The van der Waals surface area contributed by atoms with Crippen LogP contribution in [0.1, 0.15) is 34.1 Å². The van der Waals surface area contributed by atoms with Gasteiger partial charge in [-0.05, 0) is 23.8 Å². The Morgan fingerprint density at radius 2 is 2.12 bits per heavy atom. The summed E-state index contributed by atoms with van der Waals surface area (Å²) in [5, 5.41) is 0. The third-order valence-corrected chi connectivity index (χ3v) is 2.36. The van der Waals surface area contributed by atoms with Crippen LogP contribution in [0.5, 0.6) is 0 Å². The minimum absolute atomic E-state index is 0.263. The molecule has 0 aliphatic heterocycles. The molecule has 1 aromatic heterocycles. The molecule has 0 amide bonds. The first kappa shape index (κ1) is 12.7. The summed E-state index contributed by atoms with van der Waals surface area (Å²) in [6.45, 7) is 9.45. The summed E-state index contributed by atoms with van der Waals surface area (Å²) in [5.74, 6) is 0.729. The summed E-state index contributed by atoms with van der Waals surface area (Å²) in [4.78, 5) is 15.2. The lowest BCUT2D eigenvalue weighted by atomic mass is 9.85. The van der Waals surface area contributed by atoms with Crippen molar-refractivity contribution in [2.45, 2.75) is 40.7 Å². The molecule has 1 atom stereocenters. The molecule has 0 bridgehead atoms. The second-order valence-corrected chi connectivity index (χ2v) is 5.66. The van der Waals surface area contributed by atoms with Gasteiger partial charge in [-0.15, -0.1) is 0 Å². The molecule has 90 valence electrons. The van der Waals surface area contributed by atoms with Gasteiger partial charge >= 0.3 is 5.69 Å². The van der Waals surface area contributed by atoms with E-state index in [9.17, 15) is 4.79 Å². The first-order chi connectivity index (χ1) is 7.28. The van der Waals surface area contributed by atoms with Gasteiger partial charge in [0.1, 0.15) is 5.82 Å². The number of nitrogen functional groups attached to an aromatic ring is 1. The molecule has 1 heterocycles. The lowest BCUT2D eigenvalue weighted by Gasteiger charge is -2.23. The zero-order valence-electron chi connectivity index (χ0n) is 10.5. The van der Waals surface area contributed by atoms with Crippen molar-refractivity contribution in [2.24, 2.45) is 11.3 Å². The summed E-state index contributed by atoms with van der Waals surface area (Å²) < 4.78 is 1.62. The van der Waals surface area contributed by atoms with Crippen LogP contribution in [-0.2, 0) is 6.54 Å². The fourth-order valence-electron chi connectivity index (χ4n) is 2.03. The first-order valence-electron chi connectivity index (χ1n) is 5.61. The third kappa shape index (κ3) is 4.04. The smallest absolute Gasteiger partial charge is 0.349 e. The van der Waals surface area contributed by atoms with Crippen molar-refractivity contribution in [1.82, 2.24) is 9.55 Å². The van der Waals surface area contributed by atoms with E-state index in [1.165, 1.54) is 0 Å². The van der Waals surface area contributed by atoms with Crippen LogP contribution in [0.25, 0.3) is 0 Å². The topological polar surface area (TPSA) is 60.9 Å². The van der Waals surface area contributed by atoms with Crippen LogP contribution < -0.4 is 11.4 Å². The van der Waals surface area contributed by atoms with Gasteiger partial charge in [0.15, 0.2) is 0 Å². The lowest BCUT2D eigenvalue weighted by Crippen LogP contribution is -2.27. The first-order valence-corrected chi connectivity index (χ1v) is 5.61. The lowest BCUT2D eigenvalue weighted by molar-refractivity contribution is 0.283. The van der Waals surface area contributed by atoms with Crippen molar-refractivity contribution in [3.8, 4) is 0 Å². The monoisotopic (exact) mass is 223 g/mol. The molecule has 2 N–H and O–H groups in total. The molecule has 1 aromatic rings. The van der Waals surface area contributed by atoms with Crippen molar-refractivity contribution >= 4 is 5.82 Å². The van der Waals surface area contributed by atoms with E-state index in [2.05, 4.69) is 32.7 Å². The molecule has 0 saturated carbocycles. The number of nitrogens with two attached hydrogens (primary N) is 1. The van der Waals surface area contributed by atoms with Gasteiger partial charge in [0.2, 0.25) is 0 Å². The number of anilines is 1. The molecule has 0 aromatic carbocycles. The number of rotatable bonds is 3. The van der Waals surface area contributed by atoms with Crippen LogP contribution in [0, 0.1) is 11.3 Å². The molecule has 0 saturated heterocycles. The van der Waals surface area contributed by atoms with Crippen molar-refractivity contribution in [2.75, 3.05) is 5.73 Å². The maximum Gasteiger partial charge on any atom is 0.349 e. The van der Waals surface area contributed by atoms with Crippen LogP contribution >= 0.6 is 0 Å². The Labute approximate surface area is 96.5 Å². The maximum atomic E-state index is 11.5. The van der Waals surface area contributed by atoms with Crippen LogP contribution in [0.3, 0.4) is 0 Å². The summed E-state index contributed by atoms with van der Waals surface area (Å²) >= 11 is 0. The highest BCUT2D eigenvalue weighted by Gasteiger charge is 2.15. The number of nitrogens with zero attached hydrogens (tertiary/aromatic N) is 2. The van der Waals surface area contributed by atoms with E-state index in [-0.39, 0.29) is 16.9 Å². The van der Waals surface area contributed by atoms with Gasteiger partial charge in [0, 0.05) is 12.7 Å². The Hall–Kier alpha value is -1.32. The molecule has 0 aliphatic rings. The van der Waals surface area contributed by atoms with E-state index < -0.39 is 0 Å². The molecule has 0 fully saturated rings. The largest absolute Gasteiger partial charge is 0.383 e. The van der Waals surface area contributed by atoms with Gasteiger partial charge in [0.25, 0.3) is 0 Å². The zero-order chi connectivity index (χ0) is 12.3. The van der Waals surface area contributed by atoms with Crippen molar-refractivity contribution in [3.63, 3.8) is 0 Å². The fraction of sp³-hybridized carbons (Fsp3) is 0.667. The number of hydrogen-bond acceptors (Lipinski definition) is 3. The van der Waals surface area contributed by atoms with Gasteiger partial charge in [0.05, 0.1) is 0 Å². The molecule has 0 aliphatic carbocycles. The molecular formula is C12H21N3O. The highest BCUT2D eigenvalue weighted by Crippen LogP contribution is 2.24. The fourth-order valence-corrected chi connectivity index (χ4v) is 2.03. The summed E-state index contributed by atoms with van der Waals surface area (Å²) in [5.41, 5.74) is 5.45. The SMILES string of the molecule is CC(Cn1ccc(N)nc1=O)CC(C)(C)C. The van der Waals surface area contributed by atoms with Crippen LogP contribution in [0.4, 0.5) is 5.82 Å². The normalized spacial score (nSPS) is 13.8. The Kier molecular flexibility index (Phi) is 3.73. The molecular weight excluding hydrogens is 202 g/mol. The second kappa shape index (κ2) is 4.68.